The highest BCUT2D eigenvalue weighted by Gasteiger charge is 2.21. The van der Waals surface area contributed by atoms with E-state index in [0.717, 1.165) is 34.5 Å². The van der Waals surface area contributed by atoms with Gasteiger partial charge in [0.1, 0.15) is 0 Å². The minimum absolute atomic E-state index is 0.00332. The van der Waals surface area contributed by atoms with Crippen LogP contribution in [0.1, 0.15) is 22.8 Å². The number of hydrogen-bond donors (Lipinski definition) is 1. The van der Waals surface area contributed by atoms with E-state index >= 15 is 0 Å². The summed E-state index contributed by atoms with van der Waals surface area (Å²) >= 11 is 1.50. The normalized spacial score (nSPS) is 16.8. The van der Waals surface area contributed by atoms with Crippen molar-refractivity contribution in [1.82, 2.24) is 24.5 Å². The van der Waals surface area contributed by atoms with E-state index in [1.54, 1.807) is 25.3 Å². The molecule has 5 rings (SSSR count). The third-order valence-electron chi connectivity index (χ3n) is 5.73. The number of morpholine rings is 1. The number of fused-ring (bicyclic) bond motifs is 2. The Morgan fingerprint density at radius 1 is 1.23 bits per heavy atom. The van der Waals surface area contributed by atoms with Crippen LogP contribution in [0.4, 0.5) is 0 Å². The second-order valence-electron chi connectivity index (χ2n) is 8.26. The van der Waals surface area contributed by atoms with Gasteiger partial charge in [0.05, 0.1) is 25.3 Å². The van der Waals surface area contributed by atoms with Gasteiger partial charge in [0.2, 0.25) is 0 Å². The Labute approximate surface area is 206 Å². The van der Waals surface area contributed by atoms with E-state index in [2.05, 4.69) is 37.1 Å². The van der Waals surface area contributed by atoms with E-state index < -0.39 is 0 Å². The summed E-state index contributed by atoms with van der Waals surface area (Å²) in [5, 5.41) is 10.3. The predicted octanol–water partition coefficient (Wildman–Crippen LogP) is 2.70. The highest BCUT2D eigenvalue weighted by atomic mass is 32.2. The Bertz CT molecular complexity index is 1350. The fourth-order valence-electron chi connectivity index (χ4n) is 3.96. The van der Waals surface area contributed by atoms with Gasteiger partial charge in [-0.25, -0.2) is 5.90 Å². The quantitative estimate of drug-likeness (QED) is 0.211. The van der Waals surface area contributed by atoms with Gasteiger partial charge in [-0.15, -0.1) is 10.2 Å². The van der Waals surface area contributed by atoms with Crippen molar-refractivity contribution in [2.45, 2.75) is 29.8 Å². The minimum atomic E-state index is -0.295. The van der Waals surface area contributed by atoms with Crippen LogP contribution in [-0.4, -0.2) is 69.5 Å². The molecular weight excluding hydrogens is 468 g/mol. The lowest BCUT2D eigenvalue weighted by Crippen LogP contribution is -2.43. The average molecular weight is 495 g/mol. The number of benzene rings is 1. The molecule has 35 heavy (non-hydrogen) atoms. The van der Waals surface area contributed by atoms with E-state index in [1.165, 1.54) is 11.8 Å². The Kier molecular flexibility index (Phi) is 7.32. The van der Waals surface area contributed by atoms with Crippen LogP contribution in [0, 0.1) is 0 Å². The van der Waals surface area contributed by atoms with E-state index in [-0.39, 0.29) is 12.1 Å². The van der Waals surface area contributed by atoms with Crippen LogP contribution in [0.5, 0.6) is 0 Å². The summed E-state index contributed by atoms with van der Waals surface area (Å²) in [5.41, 5.74) is 3.36. The molecule has 1 aliphatic rings. The molecule has 1 atom stereocenters. The number of Topliss-reactive ketones (excluding diaryl/α,β-unsaturated/α-hetero) is 1. The first-order chi connectivity index (χ1) is 17.1. The lowest BCUT2D eigenvalue weighted by molar-refractivity contribution is -0.186. The monoisotopic (exact) mass is 494 g/mol. The van der Waals surface area contributed by atoms with Gasteiger partial charge < -0.3 is 14.3 Å². The maximum absolute atomic E-state index is 11.8. The third kappa shape index (κ3) is 5.67. The second-order valence-corrected chi connectivity index (χ2v) is 9.30. The molecule has 4 heterocycles. The number of carbonyl (C=O) groups excluding carboxylic acids is 1. The maximum atomic E-state index is 11.8. The molecule has 0 amide bonds. The zero-order valence-electron chi connectivity index (χ0n) is 19.3. The highest BCUT2D eigenvalue weighted by Crippen LogP contribution is 2.29. The van der Waals surface area contributed by atoms with E-state index in [1.807, 2.05) is 22.7 Å². The lowest BCUT2D eigenvalue weighted by Gasteiger charge is -2.32. The number of carbonyl (C=O) groups is 1. The van der Waals surface area contributed by atoms with Gasteiger partial charge in [-0.05, 0) is 60.6 Å². The van der Waals surface area contributed by atoms with E-state index in [4.69, 9.17) is 15.4 Å². The molecule has 11 heteroatoms. The summed E-state index contributed by atoms with van der Waals surface area (Å²) < 4.78 is 13.2. The van der Waals surface area contributed by atoms with Crippen LogP contribution in [0.3, 0.4) is 0 Å². The van der Waals surface area contributed by atoms with Gasteiger partial charge in [0.15, 0.2) is 22.9 Å². The molecule has 2 N–H and O–H groups in total. The molecule has 0 radical (unpaired) electrons. The number of ketones is 1. The molecule has 0 spiro atoms. The molecule has 182 valence electrons. The Morgan fingerprint density at radius 2 is 2.14 bits per heavy atom. The van der Waals surface area contributed by atoms with Crippen molar-refractivity contribution < 1.29 is 19.1 Å². The van der Waals surface area contributed by atoms with Crippen LogP contribution in [0.25, 0.3) is 16.6 Å². The summed E-state index contributed by atoms with van der Waals surface area (Å²) in [6.07, 6.45) is 3.40. The Hall–Kier alpha value is -2.93. The molecule has 1 fully saturated rings. The number of nitrogens with two attached hydrogens (primary N) is 1. The molecule has 1 unspecified atom stereocenters. The molecular formula is C24H26N6O4S. The number of hydrogen-bond acceptors (Lipinski definition) is 10. The minimum Gasteiger partial charge on any atom is -0.350 e. The molecule has 3 aromatic heterocycles. The number of rotatable bonds is 9. The summed E-state index contributed by atoms with van der Waals surface area (Å²) in [6.45, 7) is 5.12. The van der Waals surface area contributed by atoms with Gasteiger partial charge in [0.25, 0.3) is 0 Å². The van der Waals surface area contributed by atoms with Gasteiger partial charge in [-0.2, -0.15) is 0 Å². The molecule has 10 nitrogen and oxygen atoms in total. The number of ether oxygens (including phenoxy) is 2. The first-order valence-electron chi connectivity index (χ1n) is 11.3. The summed E-state index contributed by atoms with van der Waals surface area (Å²) in [7, 11) is 0. The van der Waals surface area contributed by atoms with Crippen molar-refractivity contribution in [3.63, 3.8) is 0 Å². The fourth-order valence-corrected chi connectivity index (χ4v) is 4.82. The topological polar surface area (TPSA) is 117 Å². The molecule has 0 bridgehead atoms. The van der Waals surface area contributed by atoms with Gasteiger partial charge in [-0.3, -0.25) is 19.1 Å². The van der Waals surface area contributed by atoms with E-state index in [9.17, 15) is 4.79 Å². The zero-order valence-corrected chi connectivity index (χ0v) is 20.1. The fraction of sp³-hybridized carbons (Fsp3) is 0.333. The first kappa shape index (κ1) is 23.8. The van der Waals surface area contributed by atoms with Crippen molar-refractivity contribution in [3.8, 4) is 0 Å². The lowest BCUT2D eigenvalue weighted by atomic mass is 10.1. The largest absolute Gasteiger partial charge is 0.350 e. The summed E-state index contributed by atoms with van der Waals surface area (Å²) in [5.74, 6) is 5.05. The Morgan fingerprint density at radius 3 is 3.00 bits per heavy atom. The van der Waals surface area contributed by atoms with Gasteiger partial charge in [-0.1, -0.05) is 0 Å². The maximum Gasteiger partial charge on any atom is 0.200 e. The molecule has 1 saturated heterocycles. The van der Waals surface area contributed by atoms with Crippen molar-refractivity contribution in [1.29, 1.82) is 0 Å². The van der Waals surface area contributed by atoms with Crippen LogP contribution in [-0.2, 0) is 20.9 Å². The van der Waals surface area contributed by atoms with Crippen molar-refractivity contribution in [3.05, 3.63) is 59.9 Å². The SMILES string of the molecule is CC(=O)c1ccc2nnc(Sc3ccc4ncc(CN5CCOC(OCCON)C5)cc4c3)n2c1. The van der Waals surface area contributed by atoms with Crippen LogP contribution in [0.15, 0.2) is 58.8 Å². The first-order valence-corrected chi connectivity index (χ1v) is 12.1. The highest BCUT2D eigenvalue weighted by molar-refractivity contribution is 7.99. The summed E-state index contributed by atoms with van der Waals surface area (Å²) in [4.78, 5) is 24.3. The summed E-state index contributed by atoms with van der Waals surface area (Å²) in [6, 6.07) is 11.9. The Balaban J connectivity index is 1.31. The molecule has 1 aromatic carbocycles. The van der Waals surface area contributed by atoms with Crippen molar-refractivity contribution in [2.24, 2.45) is 5.90 Å². The molecule has 1 aliphatic heterocycles. The molecule has 0 saturated carbocycles. The smallest absolute Gasteiger partial charge is 0.200 e. The third-order valence-corrected chi connectivity index (χ3v) is 6.68. The van der Waals surface area contributed by atoms with Crippen molar-refractivity contribution >= 4 is 34.1 Å². The standard InChI is InChI=1S/C24H26N6O4S/c1-16(31)18-2-5-22-27-28-24(30(22)14-18)35-20-3-4-21-19(11-20)10-17(12-26-21)13-29-6-7-32-23(15-29)33-8-9-34-25/h2-5,10-12,14,23H,6-9,13,15,25H2,1H3. The van der Waals surface area contributed by atoms with Gasteiger partial charge >= 0.3 is 0 Å². The molecule has 0 aliphatic carbocycles. The zero-order chi connectivity index (χ0) is 24.2. The van der Waals surface area contributed by atoms with Crippen molar-refractivity contribution in [2.75, 3.05) is 32.9 Å². The number of aromatic nitrogens is 4. The van der Waals surface area contributed by atoms with E-state index in [0.29, 0.717) is 42.7 Å². The van der Waals surface area contributed by atoms with Gasteiger partial charge in [0, 0.05) is 47.9 Å². The van der Waals surface area contributed by atoms with Crippen LogP contribution >= 0.6 is 11.8 Å². The average Bonchev–Trinajstić information content (AvgIpc) is 3.26. The number of pyridine rings is 2. The second kappa shape index (κ2) is 10.8. The van der Waals surface area contributed by atoms with Crippen LogP contribution < -0.4 is 5.90 Å². The predicted molar refractivity (Wildman–Crippen MR) is 130 cm³/mol. The van der Waals surface area contributed by atoms with Crippen LogP contribution in [0.2, 0.25) is 0 Å². The molecule has 4 aromatic rings. The number of nitrogens with zero attached hydrogens (tertiary/aromatic N) is 5.